The first kappa shape index (κ1) is 7.43. The highest BCUT2D eigenvalue weighted by Crippen LogP contribution is 2.25. The molecule has 4 heteroatoms. The number of fused-ring (bicyclic) bond motifs is 1. The van der Waals surface area contributed by atoms with E-state index in [-0.39, 0.29) is 0 Å². The summed E-state index contributed by atoms with van der Waals surface area (Å²) in [5.74, 6) is 0.494. The third-order valence-electron chi connectivity index (χ3n) is 1.58. The van der Waals surface area contributed by atoms with Gasteiger partial charge in [-0.2, -0.15) is 4.98 Å². The summed E-state index contributed by atoms with van der Waals surface area (Å²) < 4.78 is 10.0. The molecule has 0 N–H and O–H groups in total. The molecule has 0 spiro atoms. The minimum Gasteiger partial charge on any atom is -0.481 e. The molecule has 0 saturated heterocycles. The van der Waals surface area contributed by atoms with Gasteiger partial charge in [0.05, 0.1) is 13.4 Å². The van der Waals surface area contributed by atoms with Crippen molar-refractivity contribution in [1.29, 1.82) is 0 Å². The van der Waals surface area contributed by atoms with Crippen LogP contribution in [-0.4, -0.2) is 12.1 Å². The Hall–Kier alpha value is -1.22. The van der Waals surface area contributed by atoms with Gasteiger partial charge in [-0.3, -0.25) is 0 Å². The van der Waals surface area contributed by atoms with Crippen LogP contribution in [0.3, 0.4) is 0 Å². The fourth-order valence-electron chi connectivity index (χ4n) is 1.02. The van der Waals surface area contributed by atoms with Gasteiger partial charge in [-0.25, -0.2) is 0 Å². The summed E-state index contributed by atoms with van der Waals surface area (Å²) in [6.45, 7) is 0. The zero-order valence-electron chi connectivity index (χ0n) is 6.37. The van der Waals surface area contributed by atoms with E-state index in [0.29, 0.717) is 16.6 Å². The van der Waals surface area contributed by atoms with E-state index < -0.39 is 0 Å². The van der Waals surface area contributed by atoms with Gasteiger partial charge in [0, 0.05) is 11.5 Å². The Morgan fingerprint density at radius 1 is 1.58 bits per heavy atom. The molecule has 0 radical (unpaired) electrons. The fraction of sp³-hybridized carbons (Fsp3) is 0.125. The number of rotatable bonds is 1. The minimum absolute atomic E-state index is 0.328. The third kappa shape index (κ3) is 1.02. The molecule has 0 unspecified atom stereocenters. The number of aromatic nitrogens is 1. The first-order chi connectivity index (χ1) is 5.81. The highest BCUT2D eigenvalue weighted by atomic mass is 35.5. The van der Waals surface area contributed by atoms with E-state index in [1.165, 1.54) is 0 Å². The van der Waals surface area contributed by atoms with Crippen molar-refractivity contribution in [3.63, 3.8) is 0 Å². The molecule has 12 heavy (non-hydrogen) atoms. The second-order valence-electron chi connectivity index (χ2n) is 2.29. The SMILES string of the molecule is COc1cc2ccoc2c(Cl)n1. The number of hydrogen-bond donors (Lipinski definition) is 0. The van der Waals surface area contributed by atoms with Gasteiger partial charge in [0.2, 0.25) is 5.88 Å². The maximum atomic E-state index is 5.80. The van der Waals surface area contributed by atoms with Crippen LogP contribution in [-0.2, 0) is 0 Å². The lowest BCUT2D eigenvalue weighted by Gasteiger charge is -1.98. The van der Waals surface area contributed by atoms with Gasteiger partial charge in [-0.15, -0.1) is 0 Å². The van der Waals surface area contributed by atoms with Crippen molar-refractivity contribution in [3.8, 4) is 5.88 Å². The first-order valence-corrected chi connectivity index (χ1v) is 3.77. The molecular weight excluding hydrogens is 178 g/mol. The van der Waals surface area contributed by atoms with Crippen molar-refractivity contribution in [1.82, 2.24) is 4.98 Å². The van der Waals surface area contributed by atoms with Crippen LogP contribution in [0, 0.1) is 0 Å². The molecule has 62 valence electrons. The minimum atomic E-state index is 0.328. The van der Waals surface area contributed by atoms with E-state index in [1.54, 1.807) is 19.4 Å². The van der Waals surface area contributed by atoms with Crippen LogP contribution in [0.15, 0.2) is 22.8 Å². The van der Waals surface area contributed by atoms with Gasteiger partial charge in [-0.1, -0.05) is 11.6 Å². The van der Waals surface area contributed by atoms with Crippen molar-refractivity contribution >= 4 is 22.6 Å². The van der Waals surface area contributed by atoms with Gasteiger partial charge >= 0.3 is 0 Å². The van der Waals surface area contributed by atoms with Gasteiger partial charge in [0.1, 0.15) is 0 Å². The molecule has 0 bridgehead atoms. The average Bonchev–Trinajstić information content (AvgIpc) is 2.52. The molecule has 0 amide bonds. The number of hydrogen-bond acceptors (Lipinski definition) is 3. The van der Waals surface area contributed by atoms with Gasteiger partial charge in [-0.05, 0) is 6.07 Å². The van der Waals surface area contributed by atoms with Crippen molar-refractivity contribution in [2.45, 2.75) is 0 Å². The molecule has 2 heterocycles. The Kier molecular flexibility index (Phi) is 1.66. The number of nitrogens with zero attached hydrogens (tertiary/aromatic N) is 1. The highest BCUT2D eigenvalue weighted by molar-refractivity contribution is 6.33. The third-order valence-corrected chi connectivity index (χ3v) is 1.84. The summed E-state index contributed by atoms with van der Waals surface area (Å²) in [7, 11) is 1.55. The molecule has 2 rings (SSSR count). The topological polar surface area (TPSA) is 35.3 Å². The van der Waals surface area contributed by atoms with E-state index in [1.807, 2.05) is 6.07 Å². The number of furan rings is 1. The Balaban J connectivity index is 2.75. The summed E-state index contributed by atoms with van der Waals surface area (Å²) in [6.07, 6.45) is 1.57. The van der Waals surface area contributed by atoms with E-state index >= 15 is 0 Å². The van der Waals surface area contributed by atoms with Crippen molar-refractivity contribution in [2.75, 3.05) is 7.11 Å². The quantitative estimate of drug-likeness (QED) is 0.638. The standard InChI is InChI=1S/C8H6ClNO2/c1-11-6-4-5-2-3-12-7(5)8(9)10-6/h2-4H,1H3. The summed E-state index contributed by atoms with van der Waals surface area (Å²) in [4.78, 5) is 3.94. The molecule has 0 aliphatic carbocycles. The number of pyridine rings is 1. The van der Waals surface area contributed by atoms with Gasteiger partial charge in [0.25, 0.3) is 0 Å². The molecule has 2 aromatic heterocycles. The van der Waals surface area contributed by atoms with Crippen LogP contribution in [0.25, 0.3) is 11.0 Å². The monoisotopic (exact) mass is 183 g/mol. The lowest BCUT2D eigenvalue weighted by molar-refractivity contribution is 0.398. The normalized spacial score (nSPS) is 10.5. The Morgan fingerprint density at radius 3 is 3.17 bits per heavy atom. The maximum Gasteiger partial charge on any atom is 0.215 e. The Labute approximate surface area is 73.9 Å². The number of ether oxygens (including phenoxy) is 1. The second-order valence-corrected chi connectivity index (χ2v) is 2.65. The highest BCUT2D eigenvalue weighted by Gasteiger charge is 2.06. The first-order valence-electron chi connectivity index (χ1n) is 3.39. The summed E-state index contributed by atoms with van der Waals surface area (Å²) >= 11 is 5.80. The Morgan fingerprint density at radius 2 is 2.42 bits per heavy atom. The van der Waals surface area contributed by atoms with Crippen LogP contribution in [0.5, 0.6) is 5.88 Å². The molecule has 0 fully saturated rings. The zero-order chi connectivity index (χ0) is 8.55. The van der Waals surface area contributed by atoms with Crippen molar-refractivity contribution in [2.24, 2.45) is 0 Å². The largest absolute Gasteiger partial charge is 0.481 e. The second kappa shape index (κ2) is 2.68. The molecule has 0 atom stereocenters. The maximum absolute atomic E-state index is 5.80. The lowest BCUT2D eigenvalue weighted by atomic mass is 10.3. The van der Waals surface area contributed by atoms with E-state index in [4.69, 9.17) is 20.8 Å². The van der Waals surface area contributed by atoms with Crippen LogP contribution in [0.2, 0.25) is 5.15 Å². The van der Waals surface area contributed by atoms with Crippen LogP contribution in [0.4, 0.5) is 0 Å². The van der Waals surface area contributed by atoms with E-state index in [2.05, 4.69) is 4.98 Å². The molecule has 0 aliphatic heterocycles. The predicted octanol–water partition coefficient (Wildman–Crippen LogP) is 2.49. The summed E-state index contributed by atoms with van der Waals surface area (Å²) in [5.41, 5.74) is 0.595. The lowest BCUT2D eigenvalue weighted by Crippen LogP contribution is -1.86. The molecule has 3 nitrogen and oxygen atoms in total. The van der Waals surface area contributed by atoms with Crippen LogP contribution < -0.4 is 4.74 Å². The summed E-state index contributed by atoms with van der Waals surface area (Å²) in [6, 6.07) is 3.58. The van der Waals surface area contributed by atoms with Crippen LogP contribution in [0.1, 0.15) is 0 Å². The molecule has 0 aliphatic rings. The van der Waals surface area contributed by atoms with Crippen molar-refractivity contribution < 1.29 is 9.15 Å². The number of halogens is 1. The molecular formula is C8H6ClNO2. The van der Waals surface area contributed by atoms with E-state index in [9.17, 15) is 0 Å². The van der Waals surface area contributed by atoms with E-state index in [0.717, 1.165) is 5.39 Å². The smallest absolute Gasteiger partial charge is 0.215 e. The Bertz CT molecular complexity index is 410. The zero-order valence-corrected chi connectivity index (χ0v) is 7.13. The fourth-order valence-corrected chi connectivity index (χ4v) is 1.25. The molecule has 0 saturated carbocycles. The molecule has 0 aromatic carbocycles. The average molecular weight is 184 g/mol. The van der Waals surface area contributed by atoms with Gasteiger partial charge in [0.15, 0.2) is 10.7 Å². The van der Waals surface area contributed by atoms with Gasteiger partial charge < -0.3 is 9.15 Å². The molecule has 2 aromatic rings. The van der Waals surface area contributed by atoms with Crippen LogP contribution >= 0.6 is 11.6 Å². The predicted molar refractivity (Wildman–Crippen MR) is 45.6 cm³/mol. The summed E-state index contributed by atoms with van der Waals surface area (Å²) in [5, 5.41) is 1.22. The van der Waals surface area contributed by atoms with Crippen molar-refractivity contribution in [3.05, 3.63) is 23.5 Å². The number of methoxy groups -OCH3 is 1.